The molecule has 6 heteroatoms. The van der Waals surface area contributed by atoms with Gasteiger partial charge in [-0.25, -0.2) is 19.9 Å². The number of pyridine rings is 1. The van der Waals surface area contributed by atoms with Crippen LogP contribution in [0.3, 0.4) is 0 Å². The van der Waals surface area contributed by atoms with Crippen LogP contribution in [0.15, 0.2) is 170 Å². The van der Waals surface area contributed by atoms with Crippen molar-refractivity contribution in [3.8, 4) is 45.4 Å². The molecule has 4 nitrogen and oxygen atoms in total. The lowest BCUT2D eigenvalue weighted by molar-refractivity contribution is 1.08. The van der Waals surface area contributed by atoms with E-state index in [4.69, 9.17) is 19.9 Å². The number of aromatic nitrogens is 4. The SMILES string of the molecule is c1ccc(-c2nc3ccccc3c3c2ccc2c4cc(-c5nc(-c6ccc7c(c6)sc6ccccc67)nc(-c6cccc7ccccc67)n5)ccc4sc23)cc1. The summed E-state index contributed by atoms with van der Waals surface area (Å²) in [6, 6.07) is 60.1. The summed E-state index contributed by atoms with van der Waals surface area (Å²) in [4.78, 5) is 20.8. The molecule has 4 aromatic heterocycles. The van der Waals surface area contributed by atoms with Crippen LogP contribution in [0.25, 0.3) is 118 Å². The third-order valence-corrected chi connectivity index (χ3v) is 13.2. The Kier molecular flexibility index (Phi) is 6.93. The van der Waals surface area contributed by atoms with Gasteiger partial charge in [-0.15, -0.1) is 22.7 Å². The fourth-order valence-electron chi connectivity index (χ4n) is 8.26. The molecule has 8 aromatic carbocycles. The van der Waals surface area contributed by atoms with Crippen molar-refractivity contribution in [3.63, 3.8) is 0 Å². The third kappa shape index (κ3) is 4.90. The van der Waals surface area contributed by atoms with Crippen LogP contribution >= 0.6 is 22.7 Å². The molecule has 4 heterocycles. The van der Waals surface area contributed by atoms with Gasteiger partial charge in [-0.1, -0.05) is 133 Å². The highest BCUT2D eigenvalue weighted by molar-refractivity contribution is 7.27. The smallest absolute Gasteiger partial charge is 0.164 e. The highest BCUT2D eigenvalue weighted by Crippen LogP contribution is 2.44. The Morgan fingerprint density at radius 3 is 1.88 bits per heavy atom. The van der Waals surface area contributed by atoms with Crippen LogP contribution in [-0.2, 0) is 0 Å². The summed E-state index contributed by atoms with van der Waals surface area (Å²) in [6.07, 6.45) is 0. The maximum atomic E-state index is 5.23. The number of hydrogen-bond acceptors (Lipinski definition) is 6. The zero-order valence-corrected chi connectivity index (χ0v) is 31.4. The quantitative estimate of drug-likeness (QED) is 0.168. The zero-order chi connectivity index (χ0) is 36.7. The average molecular weight is 749 g/mol. The Hall–Kier alpha value is -6.86. The maximum Gasteiger partial charge on any atom is 0.164 e. The zero-order valence-electron chi connectivity index (χ0n) is 29.8. The van der Waals surface area contributed by atoms with E-state index in [1.807, 2.05) is 11.3 Å². The van der Waals surface area contributed by atoms with Gasteiger partial charge in [-0.3, -0.25) is 0 Å². The van der Waals surface area contributed by atoms with Gasteiger partial charge in [0, 0.05) is 78.8 Å². The summed E-state index contributed by atoms with van der Waals surface area (Å²) in [5.41, 5.74) is 6.03. The van der Waals surface area contributed by atoms with Crippen molar-refractivity contribution in [1.82, 2.24) is 19.9 Å². The van der Waals surface area contributed by atoms with Crippen LogP contribution in [0.2, 0.25) is 0 Å². The molecule has 0 aliphatic carbocycles. The van der Waals surface area contributed by atoms with E-state index in [1.165, 1.54) is 45.7 Å². The van der Waals surface area contributed by atoms with Crippen molar-refractivity contribution in [2.24, 2.45) is 0 Å². The number of thiophene rings is 2. The summed E-state index contributed by atoms with van der Waals surface area (Å²) in [5, 5.41) is 10.8. The first-order valence-corrected chi connectivity index (χ1v) is 20.3. The van der Waals surface area contributed by atoms with E-state index in [0.29, 0.717) is 17.5 Å². The average Bonchev–Trinajstić information content (AvgIpc) is 3.83. The van der Waals surface area contributed by atoms with Crippen LogP contribution in [0.4, 0.5) is 0 Å². The lowest BCUT2D eigenvalue weighted by Gasteiger charge is -2.11. The van der Waals surface area contributed by atoms with Crippen molar-refractivity contribution in [1.29, 1.82) is 0 Å². The molecule has 0 saturated carbocycles. The predicted molar refractivity (Wildman–Crippen MR) is 238 cm³/mol. The van der Waals surface area contributed by atoms with Crippen LogP contribution < -0.4 is 0 Å². The number of hydrogen-bond donors (Lipinski definition) is 0. The van der Waals surface area contributed by atoms with Crippen LogP contribution in [-0.4, -0.2) is 19.9 Å². The monoisotopic (exact) mass is 748 g/mol. The lowest BCUT2D eigenvalue weighted by atomic mass is 9.98. The molecule has 0 N–H and O–H groups in total. The van der Waals surface area contributed by atoms with Gasteiger partial charge in [-0.05, 0) is 47.2 Å². The molecule has 0 radical (unpaired) electrons. The highest BCUT2D eigenvalue weighted by atomic mass is 32.1. The number of nitrogens with zero attached hydrogens (tertiary/aromatic N) is 4. The molecule has 56 heavy (non-hydrogen) atoms. The topological polar surface area (TPSA) is 51.6 Å². The number of fused-ring (bicyclic) bond motifs is 11. The van der Waals surface area contributed by atoms with Crippen LogP contribution in [0.1, 0.15) is 0 Å². The van der Waals surface area contributed by atoms with E-state index >= 15 is 0 Å². The first-order chi connectivity index (χ1) is 27.7. The second-order valence-electron chi connectivity index (χ2n) is 14.2. The van der Waals surface area contributed by atoms with Gasteiger partial charge in [-0.2, -0.15) is 0 Å². The minimum absolute atomic E-state index is 0.650. The maximum absolute atomic E-state index is 5.23. The number of rotatable bonds is 4. The molecule has 12 aromatic rings. The van der Waals surface area contributed by atoms with Gasteiger partial charge in [0.05, 0.1) is 11.2 Å². The molecular weight excluding hydrogens is 721 g/mol. The van der Waals surface area contributed by atoms with Gasteiger partial charge < -0.3 is 0 Å². The van der Waals surface area contributed by atoms with Gasteiger partial charge in [0.25, 0.3) is 0 Å². The molecule has 0 fully saturated rings. The highest BCUT2D eigenvalue weighted by Gasteiger charge is 2.19. The van der Waals surface area contributed by atoms with Crippen molar-refractivity contribution in [2.45, 2.75) is 0 Å². The molecule has 0 atom stereocenters. The second kappa shape index (κ2) is 12.3. The third-order valence-electron chi connectivity index (χ3n) is 10.9. The van der Waals surface area contributed by atoms with E-state index in [2.05, 4.69) is 170 Å². The van der Waals surface area contributed by atoms with E-state index in [-0.39, 0.29) is 0 Å². The summed E-state index contributed by atoms with van der Waals surface area (Å²) in [5.74, 6) is 1.97. The number of benzene rings is 8. The molecule has 0 aliphatic rings. The molecule has 260 valence electrons. The molecular formula is C50H28N4S2. The normalized spacial score (nSPS) is 11.9. The Morgan fingerprint density at radius 2 is 0.982 bits per heavy atom. The predicted octanol–water partition coefficient (Wildman–Crippen LogP) is 14.1. The summed E-state index contributed by atoms with van der Waals surface area (Å²) in [7, 11) is 0. The first kappa shape index (κ1) is 31.5. The molecule has 0 spiro atoms. The van der Waals surface area contributed by atoms with Crippen molar-refractivity contribution >= 4 is 95.5 Å². The lowest BCUT2D eigenvalue weighted by Crippen LogP contribution is -2.00. The Labute approximate surface area is 329 Å². The van der Waals surface area contributed by atoms with E-state index in [0.717, 1.165) is 55.0 Å². The van der Waals surface area contributed by atoms with Gasteiger partial charge in [0.2, 0.25) is 0 Å². The fraction of sp³-hybridized carbons (Fsp3) is 0. The Morgan fingerprint density at radius 1 is 0.339 bits per heavy atom. The van der Waals surface area contributed by atoms with E-state index in [1.54, 1.807) is 11.3 Å². The molecule has 12 rings (SSSR count). The minimum Gasteiger partial charge on any atom is -0.247 e. The van der Waals surface area contributed by atoms with Crippen molar-refractivity contribution < 1.29 is 0 Å². The molecule has 0 saturated heterocycles. The standard InChI is InChI=1S/C50H28N4S2/c1-2-12-30(13-3-1)46-39-25-24-36-40-27-31(22-26-43(40)56-47(36)45(39)38-17-6-8-19-41(38)51-46)48-52-49(32-21-23-35-34-16-7-9-20-42(34)55-44(35)28-32)54-50(53-48)37-18-10-14-29-11-4-5-15-33(29)37/h1-28H. The molecule has 0 aliphatic heterocycles. The van der Waals surface area contributed by atoms with Gasteiger partial charge >= 0.3 is 0 Å². The van der Waals surface area contributed by atoms with Crippen molar-refractivity contribution in [3.05, 3.63) is 170 Å². The second-order valence-corrected chi connectivity index (χ2v) is 16.3. The summed E-state index contributed by atoms with van der Waals surface area (Å²) < 4.78 is 4.97. The minimum atomic E-state index is 0.650. The van der Waals surface area contributed by atoms with Crippen LogP contribution in [0, 0.1) is 0 Å². The number of para-hydroxylation sites is 1. The van der Waals surface area contributed by atoms with E-state index < -0.39 is 0 Å². The van der Waals surface area contributed by atoms with E-state index in [9.17, 15) is 0 Å². The van der Waals surface area contributed by atoms with Crippen LogP contribution in [0.5, 0.6) is 0 Å². The molecule has 0 bridgehead atoms. The first-order valence-electron chi connectivity index (χ1n) is 18.6. The Bertz CT molecular complexity index is 3540. The van der Waals surface area contributed by atoms with Gasteiger partial charge in [0.1, 0.15) is 0 Å². The largest absolute Gasteiger partial charge is 0.247 e. The Balaban J connectivity index is 1.08. The van der Waals surface area contributed by atoms with Crippen molar-refractivity contribution in [2.75, 3.05) is 0 Å². The fourth-order valence-corrected chi connectivity index (χ4v) is 10.7. The summed E-state index contributed by atoms with van der Waals surface area (Å²) >= 11 is 3.64. The molecule has 0 unspecified atom stereocenters. The molecule has 0 amide bonds. The van der Waals surface area contributed by atoms with Gasteiger partial charge in [0.15, 0.2) is 17.5 Å². The summed E-state index contributed by atoms with van der Waals surface area (Å²) in [6.45, 7) is 0.